The molecule has 0 saturated heterocycles. The van der Waals surface area contributed by atoms with Crippen LogP contribution in [0.2, 0.25) is 0 Å². The second-order valence-corrected chi connectivity index (χ2v) is 10.7. The highest BCUT2D eigenvalue weighted by atomic mass is 32.1. The first-order valence-electron chi connectivity index (χ1n) is 12.2. The monoisotopic (exact) mass is 523 g/mol. The molecule has 4 heterocycles. The second-order valence-electron chi connectivity index (χ2n) is 8.73. The molecule has 3 N–H and O–H groups in total. The van der Waals surface area contributed by atoms with Crippen LogP contribution in [0.25, 0.3) is 10.6 Å². The van der Waals surface area contributed by atoms with Gasteiger partial charge in [-0.1, -0.05) is 31.6 Å². The van der Waals surface area contributed by atoms with Crippen molar-refractivity contribution in [1.82, 2.24) is 35.2 Å². The van der Waals surface area contributed by atoms with Gasteiger partial charge in [0.25, 0.3) is 0 Å². The topological polar surface area (TPSA) is 113 Å². The first kappa shape index (κ1) is 26.1. The molecule has 0 spiro atoms. The number of thiazole rings is 2. The summed E-state index contributed by atoms with van der Waals surface area (Å²) in [4.78, 5) is 28.4. The Bertz CT molecular complexity index is 1250. The van der Waals surface area contributed by atoms with Gasteiger partial charge in [0.05, 0.1) is 34.7 Å². The Hall–Kier alpha value is -3.02. The number of aromatic nitrogens is 6. The molecule has 2 unspecified atom stereocenters. The average Bonchev–Trinajstić information content (AvgIpc) is 3.52. The lowest BCUT2D eigenvalue weighted by molar-refractivity contribution is 0.563. The van der Waals surface area contributed by atoms with Crippen LogP contribution in [0, 0.1) is 13.8 Å². The molecule has 0 aliphatic rings. The summed E-state index contributed by atoms with van der Waals surface area (Å²) in [6, 6.07) is 2.52. The van der Waals surface area contributed by atoms with Gasteiger partial charge in [0.2, 0.25) is 5.95 Å². The fourth-order valence-electron chi connectivity index (χ4n) is 3.66. The zero-order valence-corrected chi connectivity index (χ0v) is 23.0. The largest absolute Gasteiger partial charge is 0.351 e. The van der Waals surface area contributed by atoms with E-state index in [4.69, 9.17) is 4.98 Å². The Balaban J connectivity index is 1.36. The van der Waals surface area contributed by atoms with Gasteiger partial charge in [-0.3, -0.25) is 4.98 Å². The zero-order chi connectivity index (χ0) is 25.5. The van der Waals surface area contributed by atoms with Crippen LogP contribution in [0.5, 0.6) is 0 Å². The van der Waals surface area contributed by atoms with Crippen molar-refractivity contribution in [2.75, 3.05) is 10.6 Å². The summed E-state index contributed by atoms with van der Waals surface area (Å²) in [5.74, 6) is 1.32. The minimum atomic E-state index is 0.165. The molecule has 4 rings (SSSR count). The minimum Gasteiger partial charge on any atom is -0.351 e. The maximum absolute atomic E-state index is 4.75. The predicted octanol–water partition coefficient (Wildman–Crippen LogP) is 6.05. The second kappa shape index (κ2) is 12.3. The van der Waals surface area contributed by atoms with Crippen molar-refractivity contribution in [3.8, 4) is 10.6 Å². The molecule has 190 valence electrons. The minimum absolute atomic E-state index is 0.165. The first-order chi connectivity index (χ1) is 17.4. The molecule has 0 bridgehead atoms. The van der Waals surface area contributed by atoms with Crippen molar-refractivity contribution in [1.29, 1.82) is 0 Å². The van der Waals surface area contributed by atoms with Crippen LogP contribution in [0.3, 0.4) is 0 Å². The van der Waals surface area contributed by atoms with E-state index in [1.807, 2.05) is 26.1 Å². The third kappa shape index (κ3) is 7.02. The highest BCUT2D eigenvalue weighted by molar-refractivity contribution is 7.18. The number of anilines is 3. The summed E-state index contributed by atoms with van der Waals surface area (Å²) in [5, 5.41) is 14.1. The van der Waals surface area contributed by atoms with E-state index in [1.54, 1.807) is 23.7 Å². The maximum Gasteiger partial charge on any atom is 0.223 e. The van der Waals surface area contributed by atoms with Gasteiger partial charge in [0.1, 0.15) is 5.01 Å². The van der Waals surface area contributed by atoms with Crippen molar-refractivity contribution in [2.24, 2.45) is 0 Å². The average molecular weight is 524 g/mol. The molecule has 0 fully saturated rings. The normalized spacial score (nSPS) is 12.9. The Morgan fingerprint density at radius 3 is 2.53 bits per heavy atom. The van der Waals surface area contributed by atoms with Gasteiger partial charge in [-0.2, -0.15) is 0 Å². The van der Waals surface area contributed by atoms with Gasteiger partial charge in [-0.15, -0.1) is 11.3 Å². The van der Waals surface area contributed by atoms with Crippen molar-refractivity contribution in [3.63, 3.8) is 0 Å². The van der Waals surface area contributed by atoms with E-state index in [-0.39, 0.29) is 6.04 Å². The van der Waals surface area contributed by atoms with Gasteiger partial charge in [0.15, 0.2) is 10.9 Å². The van der Waals surface area contributed by atoms with Crippen LogP contribution in [0.1, 0.15) is 68.2 Å². The molecule has 0 amide bonds. The van der Waals surface area contributed by atoms with E-state index in [1.165, 1.54) is 11.3 Å². The smallest absolute Gasteiger partial charge is 0.223 e. The number of aryl methyl sites for hydroxylation is 2. The van der Waals surface area contributed by atoms with E-state index in [9.17, 15) is 0 Å². The van der Waals surface area contributed by atoms with Crippen LogP contribution in [-0.2, 0) is 6.54 Å². The van der Waals surface area contributed by atoms with Crippen LogP contribution >= 0.6 is 22.7 Å². The molecule has 36 heavy (non-hydrogen) atoms. The Morgan fingerprint density at radius 2 is 1.83 bits per heavy atom. The lowest BCUT2D eigenvalue weighted by Crippen LogP contribution is -2.20. The Labute approximate surface area is 220 Å². The molecule has 4 aromatic heterocycles. The number of nitrogens with zero attached hydrogens (tertiary/aromatic N) is 6. The third-order valence-corrected chi connectivity index (χ3v) is 7.69. The van der Waals surface area contributed by atoms with Crippen LogP contribution < -0.4 is 16.0 Å². The first-order valence-corrected chi connectivity index (χ1v) is 13.9. The van der Waals surface area contributed by atoms with Gasteiger partial charge in [0, 0.05) is 35.6 Å². The van der Waals surface area contributed by atoms with Gasteiger partial charge < -0.3 is 16.0 Å². The van der Waals surface area contributed by atoms with E-state index >= 15 is 0 Å². The molecular weight excluding hydrogens is 490 g/mol. The van der Waals surface area contributed by atoms with Gasteiger partial charge >= 0.3 is 0 Å². The number of hydrogen-bond donors (Lipinski definition) is 3. The summed E-state index contributed by atoms with van der Waals surface area (Å²) in [6.45, 7) is 11.1. The van der Waals surface area contributed by atoms with Crippen molar-refractivity contribution < 1.29 is 0 Å². The Kier molecular flexibility index (Phi) is 8.89. The highest BCUT2D eigenvalue weighted by Gasteiger charge is 2.13. The maximum atomic E-state index is 4.75. The molecule has 4 aromatic rings. The predicted molar refractivity (Wildman–Crippen MR) is 148 cm³/mol. The van der Waals surface area contributed by atoms with Crippen molar-refractivity contribution >= 4 is 39.6 Å². The SMILES string of the molecule is CCCC(CC)Nc1nc(C)cc(-c2cnc(Nc3cnc(CNC(C)c4nc(C)cs4)cn3)s2)n1. The summed E-state index contributed by atoms with van der Waals surface area (Å²) in [7, 11) is 0. The van der Waals surface area contributed by atoms with Crippen molar-refractivity contribution in [3.05, 3.63) is 52.1 Å². The summed E-state index contributed by atoms with van der Waals surface area (Å²) >= 11 is 3.19. The molecule has 9 nitrogen and oxygen atoms in total. The van der Waals surface area contributed by atoms with Crippen LogP contribution in [0.4, 0.5) is 16.9 Å². The number of hydrogen-bond acceptors (Lipinski definition) is 11. The van der Waals surface area contributed by atoms with E-state index in [0.29, 0.717) is 24.4 Å². The standard InChI is InChI=1S/C25H33N9S2/c1-6-8-18(7-2)32-24-31-15(3)9-20(33-24)21-12-29-25(36-21)34-22-13-27-19(11-28-22)10-26-17(5)23-30-16(4)14-35-23/h9,11-14,17-18,26H,6-8,10H2,1-5H3,(H,28,29,34)(H,31,32,33). The van der Waals surface area contributed by atoms with Crippen LogP contribution in [-0.4, -0.2) is 35.9 Å². The molecule has 0 aliphatic heterocycles. The molecule has 0 aromatic carbocycles. The third-order valence-electron chi connectivity index (χ3n) is 5.61. The molecule has 11 heteroatoms. The quantitative estimate of drug-likeness (QED) is 0.204. The summed E-state index contributed by atoms with van der Waals surface area (Å²) in [5.41, 5.74) is 3.70. The fraction of sp³-hybridized carbons (Fsp3) is 0.440. The number of nitrogens with one attached hydrogen (secondary N) is 3. The van der Waals surface area contributed by atoms with E-state index in [2.05, 4.69) is 67.0 Å². The lowest BCUT2D eigenvalue weighted by atomic mass is 10.1. The zero-order valence-electron chi connectivity index (χ0n) is 21.4. The van der Waals surface area contributed by atoms with E-state index < -0.39 is 0 Å². The highest BCUT2D eigenvalue weighted by Crippen LogP contribution is 2.30. The van der Waals surface area contributed by atoms with Crippen molar-refractivity contribution in [2.45, 2.75) is 72.5 Å². The van der Waals surface area contributed by atoms with Crippen LogP contribution in [0.15, 0.2) is 30.0 Å². The fourth-order valence-corrected chi connectivity index (χ4v) is 5.27. The summed E-state index contributed by atoms with van der Waals surface area (Å²) < 4.78 is 0. The lowest BCUT2D eigenvalue weighted by Gasteiger charge is -2.16. The molecule has 0 radical (unpaired) electrons. The van der Waals surface area contributed by atoms with Gasteiger partial charge in [-0.05, 0) is 39.7 Å². The summed E-state index contributed by atoms with van der Waals surface area (Å²) in [6.07, 6.45) is 8.59. The van der Waals surface area contributed by atoms with E-state index in [0.717, 1.165) is 57.1 Å². The molecule has 2 atom stereocenters. The molecule has 0 aliphatic carbocycles. The number of rotatable bonds is 12. The molecular formula is C25H33N9S2. The Morgan fingerprint density at radius 1 is 0.972 bits per heavy atom. The van der Waals surface area contributed by atoms with Gasteiger partial charge in [-0.25, -0.2) is 24.9 Å². The molecule has 0 saturated carbocycles.